The molecule has 3 nitrogen and oxygen atoms in total. The van der Waals surface area contributed by atoms with E-state index in [9.17, 15) is 44.3 Å². The topological polar surface area (TPSA) is 29.1 Å². The number of unbranched alkanes of at least 4 members (excludes halogenated alkanes) is 8. The lowest BCUT2D eigenvalue weighted by Gasteiger charge is -2.33. The van der Waals surface area contributed by atoms with Crippen molar-refractivity contribution in [3.8, 4) is 0 Å². The molecule has 0 aromatic heterocycles. The second-order valence-electron chi connectivity index (χ2n) is 9.17. The Morgan fingerprint density at radius 3 is 1.60 bits per heavy atom. The molecular formula is C21H36ClF9N2OS. The van der Waals surface area contributed by atoms with Gasteiger partial charge in [-0.25, -0.2) is 0 Å². The normalized spacial score (nSPS) is 13.5. The maximum Gasteiger partial charge on any atom is 0.460 e. The molecule has 14 heteroatoms. The van der Waals surface area contributed by atoms with Crippen molar-refractivity contribution >= 4 is 18.5 Å². The molecule has 0 rings (SSSR count). The highest BCUT2D eigenvalue weighted by Crippen LogP contribution is 2.53. The molecule has 35 heavy (non-hydrogen) atoms. The molecule has 0 aliphatic heterocycles. The number of quaternary nitrogens is 1. The van der Waals surface area contributed by atoms with Crippen LogP contribution in [0.1, 0.15) is 64.2 Å². The Labute approximate surface area is 213 Å². The van der Waals surface area contributed by atoms with E-state index in [0.29, 0.717) is 6.54 Å². The van der Waals surface area contributed by atoms with Gasteiger partial charge in [0.15, 0.2) is 6.54 Å². The lowest BCUT2D eigenvalue weighted by Crippen LogP contribution is -3.00. The van der Waals surface area contributed by atoms with Crippen LogP contribution in [0.15, 0.2) is 0 Å². The number of hydrogen-bond donors (Lipinski definition) is 2. The average Bonchev–Trinajstić information content (AvgIpc) is 2.67. The zero-order valence-electron chi connectivity index (χ0n) is 20.0. The summed E-state index contributed by atoms with van der Waals surface area (Å²) in [6, 6.07) is 0. The van der Waals surface area contributed by atoms with E-state index in [-0.39, 0.29) is 23.4 Å². The van der Waals surface area contributed by atoms with E-state index in [1.165, 1.54) is 19.3 Å². The quantitative estimate of drug-likeness (QED) is 0.112. The third kappa shape index (κ3) is 12.5. The van der Waals surface area contributed by atoms with E-state index in [1.807, 2.05) is 5.32 Å². The summed E-state index contributed by atoms with van der Waals surface area (Å²) in [6.07, 6.45) is 0.755. The number of alkyl halides is 9. The van der Waals surface area contributed by atoms with Gasteiger partial charge in [0.1, 0.15) is 0 Å². The van der Waals surface area contributed by atoms with Gasteiger partial charge in [0.05, 0.1) is 20.6 Å². The summed E-state index contributed by atoms with van der Waals surface area (Å²) >= 11 is 4.16. The Morgan fingerprint density at radius 1 is 0.743 bits per heavy atom. The lowest BCUT2D eigenvalue weighted by atomic mass is 10.0. The van der Waals surface area contributed by atoms with E-state index in [1.54, 1.807) is 14.1 Å². The number of rotatable bonds is 18. The standard InChI is InChI=1S/C21H35F9N2OS.ClH/c1-32(2,14-10-8-6-4-3-5-7-9-11-15-34)16-17(33)31-13-12-18(22,23)19(24,25)20(26,27)21(28,29)30;/h3-16H2,1-2H3,(H-,31,33,34);1H. The first-order valence-electron chi connectivity index (χ1n) is 11.3. The van der Waals surface area contributed by atoms with Gasteiger partial charge in [-0.05, 0) is 25.0 Å². The Bertz CT molecular complexity index is 606. The molecule has 1 N–H and O–H groups in total. The summed E-state index contributed by atoms with van der Waals surface area (Å²) in [4.78, 5) is 11.9. The van der Waals surface area contributed by atoms with Gasteiger partial charge < -0.3 is 22.2 Å². The molecule has 0 aliphatic rings. The molecule has 0 aromatic carbocycles. The van der Waals surface area contributed by atoms with Crippen molar-refractivity contribution in [3.63, 3.8) is 0 Å². The Balaban J connectivity index is 0. The summed E-state index contributed by atoms with van der Waals surface area (Å²) in [7, 11) is 3.40. The van der Waals surface area contributed by atoms with E-state index in [0.717, 1.165) is 44.3 Å². The fourth-order valence-corrected chi connectivity index (χ4v) is 3.56. The monoisotopic (exact) mass is 570 g/mol. The predicted molar refractivity (Wildman–Crippen MR) is 116 cm³/mol. The minimum absolute atomic E-state index is 0. The maximum atomic E-state index is 13.5. The molecule has 0 heterocycles. The minimum atomic E-state index is -6.92. The molecule has 0 radical (unpaired) electrons. The zero-order valence-corrected chi connectivity index (χ0v) is 21.6. The lowest BCUT2D eigenvalue weighted by molar-refractivity contribution is -0.882. The van der Waals surface area contributed by atoms with Crippen LogP contribution in [0.25, 0.3) is 0 Å². The van der Waals surface area contributed by atoms with Crippen LogP contribution in [0.2, 0.25) is 0 Å². The summed E-state index contributed by atoms with van der Waals surface area (Å²) in [6.45, 7) is -0.781. The van der Waals surface area contributed by atoms with Gasteiger partial charge in [-0.3, -0.25) is 4.79 Å². The third-order valence-electron chi connectivity index (χ3n) is 5.46. The number of nitrogens with one attached hydrogen (secondary N) is 1. The molecule has 0 saturated heterocycles. The maximum absolute atomic E-state index is 13.5. The van der Waals surface area contributed by atoms with Crippen molar-refractivity contribution in [2.24, 2.45) is 0 Å². The number of nitrogens with zero attached hydrogens (tertiary/aromatic N) is 1. The van der Waals surface area contributed by atoms with Crippen molar-refractivity contribution in [2.45, 2.75) is 88.2 Å². The van der Waals surface area contributed by atoms with Crippen molar-refractivity contribution < 1.29 is 61.2 Å². The first-order valence-corrected chi connectivity index (χ1v) is 11.9. The number of carbonyl (C=O) groups excluding carboxylic acids is 1. The number of likely N-dealkylation sites (N-methyl/N-ethyl adjacent to an activating group) is 1. The van der Waals surface area contributed by atoms with Crippen LogP contribution in [0, 0.1) is 0 Å². The highest BCUT2D eigenvalue weighted by molar-refractivity contribution is 7.80. The first kappa shape index (κ1) is 36.6. The largest absolute Gasteiger partial charge is 1.00 e. The minimum Gasteiger partial charge on any atom is -1.00 e. The van der Waals surface area contributed by atoms with Crippen LogP contribution in [-0.2, 0) is 4.79 Å². The molecule has 212 valence electrons. The van der Waals surface area contributed by atoms with E-state index in [2.05, 4.69) is 12.6 Å². The van der Waals surface area contributed by atoms with Crippen LogP contribution in [0.5, 0.6) is 0 Å². The third-order valence-corrected chi connectivity index (χ3v) is 5.78. The predicted octanol–water partition coefficient (Wildman–Crippen LogP) is 3.48. The van der Waals surface area contributed by atoms with E-state index < -0.39 is 42.8 Å². The highest BCUT2D eigenvalue weighted by Gasteiger charge is 2.81. The van der Waals surface area contributed by atoms with E-state index in [4.69, 9.17) is 0 Å². The summed E-state index contributed by atoms with van der Waals surface area (Å²) in [5.41, 5.74) is 0. The van der Waals surface area contributed by atoms with Crippen LogP contribution < -0.4 is 17.7 Å². The van der Waals surface area contributed by atoms with Crippen LogP contribution >= 0.6 is 12.6 Å². The zero-order chi connectivity index (χ0) is 26.7. The van der Waals surface area contributed by atoms with Crippen molar-refractivity contribution in [2.75, 3.05) is 39.5 Å². The second kappa shape index (κ2) is 15.6. The fraction of sp³-hybridized carbons (Fsp3) is 0.952. The smallest absolute Gasteiger partial charge is 0.460 e. The molecule has 0 aliphatic carbocycles. The van der Waals surface area contributed by atoms with Gasteiger partial charge in [0, 0.05) is 13.0 Å². The summed E-state index contributed by atoms with van der Waals surface area (Å²) in [5, 5.41) is 1.90. The summed E-state index contributed by atoms with van der Waals surface area (Å²) < 4.78 is 116. The molecular weight excluding hydrogens is 535 g/mol. The Morgan fingerprint density at radius 2 is 1.17 bits per heavy atom. The number of amides is 1. The molecule has 0 aromatic rings. The number of halogens is 10. The van der Waals surface area contributed by atoms with Gasteiger partial charge >= 0.3 is 23.9 Å². The first-order chi connectivity index (χ1) is 15.4. The van der Waals surface area contributed by atoms with Gasteiger partial charge in [-0.2, -0.15) is 52.1 Å². The number of thiol groups is 1. The molecule has 1 amide bonds. The van der Waals surface area contributed by atoms with Gasteiger partial charge in [-0.1, -0.05) is 38.5 Å². The van der Waals surface area contributed by atoms with E-state index >= 15 is 0 Å². The molecule has 0 atom stereocenters. The molecule has 0 unspecified atom stereocenters. The van der Waals surface area contributed by atoms with Crippen molar-refractivity contribution in [1.29, 1.82) is 0 Å². The van der Waals surface area contributed by atoms with Crippen LogP contribution in [0.4, 0.5) is 39.5 Å². The second-order valence-corrected chi connectivity index (χ2v) is 9.62. The fourth-order valence-electron chi connectivity index (χ4n) is 3.34. The Kier molecular flexibility index (Phi) is 16.3. The van der Waals surface area contributed by atoms with Crippen LogP contribution in [-0.4, -0.2) is 73.8 Å². The average molecular weight is 571 g/mol. The van der Waals surface area contributed by atoms with Gasteiger partial charge in [0.25, 0.3) is 5.91 Å². The molecule has 0 saturated carbocycles. The SMILES string of the molecule is C[N+](C)(CCCCCCCCCCCS)CC(=O)NCCC(F)(F)C(F)(F)C(F)(F)C(F)(F)F.[Cl-]. The molecule has 0 bridgehead atoms. The van der Waals surface area contributed by atoms with Crippen LogP contribution in [0.3, 0.4) is 0 Å². The van der Waals surface area contributed by atoms with Crippen molar-refractivity contribution in [1.82, 2.24) is 5.32 Å². The molecule has 0 fully saturated rings. The summed E-state index contributed by atoms with van der Waals surface area (Å²) in [5.74, 6) is -19.2. The number of carbonyl (C=O) groups is 1. The Hall–Kier alpha value is -0.560. The van der Waals surface area contributed by atoms with Gasteiger partial charge in [-0.15, -0.1) is 0 Å². The highest BCUT2D eigenvalue weighted by atomic mass is 35.5. The molecule has 0 spiro atoms. The van der Waals surface area contributed by atoms with Gasteiger partial charge in [0.2, 0.25) is 0 Å². The van der Waals surface area contributed by atoms with Crippen molar-refractivity contribution in [3.05, 3.63) is 0 Å². The number of hydrogen-bond acceptors (Lipinski definition) is 2.